The van der Waals surface area contributed by atoms with E-state index in [0.29, 0.717) is 12.4 Å². The lowest BCUT2D eigenvalue weighted by atomic mass is 10.2. The number of nitro groups is 1. The van der Waals surface area contributed by atoms with Gasteiger partial charge in [-0.25, -0.2) is 0 Å². The summed E-state index contributed by atoms with van der Waals surface area (Å²) < 4.78 is 5.48. The van der Waals surface area contributed by atoms with Crippen LogP contribution in [0.5, 0.6) is 5.75 Å². The van der Waals surface area contributed by atoms with Gasteiger partial charge >= 0.3 is 5.69 Å². The lowest BCUT2D eigenvalue weighted by Gasteiger charge is -2.20. The van der Waals surface area contributed by atoms with Gasteiger partial charge in [-0.3, -0.25) is 10.1 Å². The second kappa shape index (κ2) is 8.37. The van der Waals surface area contributed by atoms with E-state index < -0.39 is 4.92 Å². The fourth-order valence-corrected chi connectivity index (χ4v) is 1.84. The van der Waals surface area contributed by atoms with Crippen molar-refractivity contribution in [3.05, 3.63) is 28.3 Å². The summed E-state index contributed by atoms with van der Waals surface area (Å²) in [6.45, 7) is 4.27. The van der Waals surface area contributed by atoms with Crippen molar-refractivity contribution >= 4 is 11.4 Å². The Balaban J connectivity index is 2.84. The molecule has 0 aromatic heterocycles. The number of nitro benzene ring substituents is 1. The van der Waals surface area contributed by atoms with E-state index in [0.717, 1.165) is 31.6 Å². The van der Waals surface area contributed by atoms with Crippen LogP contribution in [0.1, 0.15) is 19.8 Å². The second-order valence-electron chi connectivity index (χ2n) is 4.64. The number of hydrogen-bond donors (Lipinski definition) is 1. The number of anilines is 1. The van der Waals surface area contributed by atoms with E-state index in [1.54, 1.807) is 12.1 Å². The largest absolute Gasteiger partial charge is 0.487 e. The van der Waals surface area contributed by atoms with Crippen LogP contribution in [0.25, 0.3) is 0 Å². The maximum Gasteiger partial charge on any atom is 0.311 e. The van der Waals surface area contributed by atoms with Crippen LogP contribution in [0.3, 0.4) is 0 Å². The molecule has 0 heterocycles. The van der Waals surface area contributed by atoms with E-state index in [2.05, 4.69) is 10.2 Å². The number of ether oxygens (including phenoxy) is 1. The summed E-state index contributed by atoms with van der Waals surface area (Å²) >= 11 is 0. The fraction of sp³-hybridized carbons (Fsp3) is 0.571. The molecule has 0 aliphatic carbocycles. The first-order valence-electron chi connectivity index (χ1n) is 6.87. The lowest BCUT2D eigenvalue weighted by molar-refractivity contribution is -0.385. The Morgan fingerprint density at radius 2 is 2.20 bits per heavy atom. The molecule has 1 rings (SSSR count). The first-order chi connectivity index (χ1) is 9.60. The van der Waals surface area contributed by atoms with Crippen molar-refractivity contribution in [1.82, 2.24) is 5.32 Å². The highest BCUT2D eigenvalue weighted by atomic mass is 16.6. The second-order valence-corrected chi connectivity index (χ2v) is 4.64. The molecule has 20 heavy (non-hydrogen) atoms. The van der Waals surface area contributed by atoms with Crippen molar-refractivity contribution in [2.24, 2.45) is 0 Å². The summed E-state index contributed by atoms with van der Waals surface area (Å²) in [5.41, 5.74) is 0.948. The van der Waals surface area contributed by atoms with Gasteiger partial charge in [-0.2, -0.15) is 0 Å². The molecule has 0 saturated heterocycles. The fourth-order valence-electron chi connectivity index (χ4n) is 1.84. The van der Waals surface area contributed by atoms with E-state index in [-0.39, 0.29) is 5.69 Å². The molecule has 0 atom stereocenters. The van der Waals surface area contributed by atoms with Gasteiger partial charge in [0.1, 0.15) is 0 Å². The van der Waals surface area contributed by atoms with Gasteiger partial charge in [0, 0.05) is 31.4 Å². The third kappa shape index (κ3) is 4.70. The van der Waals surface area contributed by atoms with Gasteiger partial charge in [-0.15, -0.1) is 0 Å². The monoisotopic (exact) mass is 281 g/mol. The highest BCUT2D eigenvalue weighted by Gasteiger charge is 2.16. The van der Waals surface area contributed by atoms with Gasteiger partial charge < -0.3 is 15.0 Å². The van der Waals surface area contributed by atoms with Gasteiger partial charge in [0.15, 0.2) is 5.75 Å². The summed E-state index contributed by atoms with van der Waals surface area (Å²) in [4.78, 5) is 12.6. The number of nitrogens with zero attached hydrogens (tertiary/aromatic N) is 2. The van der Waals surface area contributed by atoms with Crippen LogP contribution in [-0.2, 0) is 0 Å². The first-order valence-corrected chi connectivity index (χ1v) is 6.87. The third-order valence-corrected chi connectivity index (χ3v) is 2.96. The Kier molecular flexibility index (Phi) is 6.79. The lowest BCUT2D eigenvalue weighted by Crippen LogP contribution is -2.22. The minimum Gasteiger partial charge on any atom is -0.487 e. The van der Waals surface area contributed by atoms with Crippen LogP contribution in [0, 0.1) is 10.1 Å². The van der Waals surface area contributed by atoms with Crippen molar-refractivity contribution in [3.63, 3.8) is 0 Å². The molecule has 0 bridgehead atoms. The highest BCUT2D eigenvalue weighted by Crippen LogP contribution is 2.31. The Hall–Kier alpha value is -1.82. The molecule has 1 aromatic carbocycles. The minimum atomic E-state index is -0.407. The van der Waals surface area contributed by atoms with Crippen LogP contribution in [0.15, 0.2) is 18.2 Å². The molecule has 0 radical (unpaired) electrons. The predicted octanol–water partition coefficient (Wildman–Crippen LogP) is 2.43. The Labute approximate surface area is 119 Å². The average Bonchev–Trinajstić information content (AvgIpc) is 2.44. The zero-order valence-electron chi connectivity index (χ0n) is 12.4. The minimum absolute atomic E-state index is 0.0193. The molecule has 0 saturated carbocycles. The molecule has 0 fully saturated rings. The van der Waals surface area contributed by atoms with Gasteiger partial charge in [-0.1, -0.05) is 6.92 Å². The standard InChI is InChI=1S/C14H23N3O3/c1-4-10-20-14-11-12(6-7-13(14)17(18)19)16(3)9-5-8-15-2/h6-7,11,15H,4-5,8-10H2,1-3H3. The molecule has 1 aromatic rings. The normalized spacial score (nSPS) is 10.3. The molecule has 0 amide bonds. The molecular weight excluding hydrogens is 258 g/mol. The Bertz CT molecular complexity index is 438. The molecular formula is C14H23N3O3. The third-order valence-electron chi connectivity index (χ3n) is 2.96. The molecule has 6 heteroatoms. The van der Waals surface area contributed by atoms with Crippen LogP contribution < -0.4 is 15.0 Å². The molecule has 0 spiro atoms. The molecule has 112 valence electrons. The van der Waals surface area contributed by atoms with Crippen LogP contribution >= 0.6 is 0 Å². The van der Waals surface area contributed by atoms with Gasteiger partial charge in [-0.05, 0) is 32.5 Å². The van der Waals surface area contributed by atoms with E-state index >= 15 is 0 Å². The summed E-state index contributed by atoms with van der Waals surface area (Å²) in [7, 11) is 3.89. The van der Waals surface area contributed by atoms with Gasteiger partial charge in [0.25, 0.3) is 0 Å². The zero-order chi connectivity index (χ0) is 15.0. The molecule has 1 N–H and O–H groups in total. The molecule has 6 nitrogen and oxygen atoms in total. The smallest absolute Gasteiger partial charge is 0.311 e. The zero-order valence-corrected chi connectivity index (χ0v) is 12.4. The summed E-state index contributed by atoms with van der Waals surface area (Å²) in [6, 6.07) is 5.01. The maximum absolute atomic E-state index is 11.0. The van der Waals surface area contributed by atoms with E-state index in [4.69, 9.17) is 4.74 Å². The van der Waals surface area contributed by atoms with Crippen LogP contribution in [0.4, 0.5) is 11.4 Å². The number of benzene rings is 1. The van der Waals surface area contributed by atoms with Crippen molar-refractivity contribution in [2.75, 3.05) is 38.7 Å². The summed E-state index contributed by atoms with van der Waals surface area (Å²) in [6.07, 6.45) is 1.83. The highest BCUT2D eigenvalue weighted by molar-refractivity contribution is 5.59. The predicted molar refractivity (Wildman–Crippen MR) is 80.7 cm³/mol. The molecule has 0 aliphatic heterocycles. The van der Waals surface area contributed by atoms with Crippen molar-refractivity contribution in [2.45, 2.75) is 19.8 Å². The van der Waals surface area contributed by atoms with E-state index in [9.17, 15) is 10.1 Å². The van der Waals surface area contributed by atoms with Crippen molar-refractivity contribution < 1.29 is 9.66 Å². The van der Waals surface area contributed by atoms with E-state index in [1.807, 2.05) is 21.0 Å². The van der Waals surface area contributed by atoms with Crippen LogP contribution in [-0.4, -0.2) is 38.7 Å². The number of hydrogen-bond acceptors (Lipinski definition) is 5. The van der Waals surface area contributed by atoms with Gasteiger partial charge in [0.2, 0.25) is 0 Å². The number of rotatable bonds is 9. The summed E-state index contributed by atoms with van der Waals surface area (Å²) in [5, 5.41) is 14.1. The maximum atomic E-state index is 11.0. The van der Waals surface area contributed by atoms with Crippen LogP contribution in [0.2, 0.25) is 0 Å². The summed E-state index contributed by atoms with van der Waals surface area (Å²) in [5.74, 6) is 0.342. The quantitative estimate of drug-likeness (QED) is 0.428. The molecule has 0 unspecified atom stereocenters. The Morgan fingerprint density at radius 3 is 2.80 bits per heavy atom. The SMILES string of the molecule is CCCOc1cc(N(C)CCCNC)ccc1[N+](=O)[O-]. The van der Waals surface area contributed by atoms with E-state index in [1.165, 1.54) is 6.07 Å². The molecule has 0 aliphatic rings. The van der Waals surface area contributed by atoms with Crippen molar-refractivity contribution in [1.29, 1.82) is 0 Å². The average molecular weight is 281 g/mol. The first kappa shape index (κ1) is 16.2. The Morgan fingerprint density at radius 1 is 1.45 bits per heavy atom. The number of nitrogens with one attached hydrogen (secondary N) is 1. The van der Waals surface area contributed by atoms with Crippen molar-refractivity contribution in [3.8, 4) is 5.75 Å². The van der Waals surface area contributed by atoms with Gasteiger partial charge in [0.05, 0.1) is 11.5 Å². The topological polar surface area (TPSA) is 67.6 Å².